The van der Waals surface area contributed by atoms with Crippen molar-refractivity contribution in [3.8, 4) is 0 Å². The molecular weight excluding hydrogens is 406 g/mol. The summed E-state index contributed by atoms with van der Waals surface area (Å²) in [4.78, 5) is 9.82. The van der Waals surface area contributed by atoms with E-state index in [0.717, 1.165) is 43.6 Å². The molecule has 0 bridgehead atoms. The number of hydrogen-bond donors (Lipinski definition) is 0. The van der Waals surface area contributed by atoms with Crippen molar-refractivity contribution >= 4 is 33.0 Å². The average molecular weight is 428 g/mol. The summed E-state index contributed by atoms with van der Waals surface area (Å²) in [5.74, 6) is 0. The van der Waals surface area contributed by atoms with Crippen LogP contribution < -0.4 is 4.90 Å². The first-order valence-corrected chi connectivity index (χ1v) is 10.6. The predicted molar refractivity (Wildman–Crippen MR) is 113 cm³/mol. The standard InChI is InChI=1S/C21H22BrN3S/c22-18-7-4-8-20(14-18)25-11-9-24(10-12-25)15-19-16-26-21(23-19)13-17-5-2-1-3-6-17/h1-8,14,16H,9-13,15H2. The Labute approximate surface area is 167 Å². The molecule has 0 radical (unpaired) electrons. The van der Waals surface area contributed by atoms with E-state index < -0.39 is 0 Å². The fourth-order valence-electron chi connectivity index (χ4n) is 3.34. The summed E-state index contributed by atoms with van der Waals surface area (Å²) in [5.41, 5.74) is 3.84. The lowest BCUT2D eigenvalue weighted by Crippen LogP contribution is -2.46. The average Bonchev–Trinajstić information content (AvgIpc) is 3.10. The van der Waals surface area contributed by atoms with Crippen molar-refractivity contribution in [2.75, 3.05) is 31.1 Å². The minimum absolute atomic E-state index is 0.933. The SMILES string of the molecule is Brc1cccc(N2CCN(Cc3csc(Cc4ccccc4)n3)CC2)c1. The van der Waals surface area contributed by atoms with Crippen LogP contribution >= 0.6 is 27.3 Å². The minimum Gasteiger partial charge on any atom is -0.369 e. The smallest absolute Gasteiger partial charge is 0.0972 e. The van der Waals surface area contributed by atoms with Gasteiger partial charge in [0.2, 0.25) is 0 Å². The molecule has 26 heavy (non-hydrogen) atoms. The van der Waals surface area contributed by atoms with Crippen molar-refractivity contribution in [2.45, 2.75) is 13.0 Å². The summed E-state index contributed by atoms with van der Waals surface area (Å²) in [5, 5.41) is 3.43. The number of piperazine rings is 1. The number of nitrogens with zero attached hydrogens (tertiary/aromatic N) is 3. The second-order valence-electron chi connectivity index (χ2n) is 6.64. The van der Waals surface area contributed by atoms with Crippen LogP contribution in [0.1, 0.15) is 16.3 Å². The Morgan fingerprint density at radius 3 is 2.54 bits per heavy atom. The van der Waals surface area contributed by atoms with Crippen LogP contribution in [0.5, 0.6) is 0 Å². The Bertz CT molecular complexity index is 841. The third-order valence-electron chi connectivity index (χ3n) is 4.73. The zero-order valence-electron chi connectivity index (χ0n) is 14.6. The van der Waals surface area contributed by atoms with Crippen molar-refractivity contribution in [1.29, 1.82) is 0 Å². The Balaban J connectivity index is 1.31. The summed E-state index contributed by atoms with van der Waals surface area (Å²) >= 11 is 5.35. The molecule has 3 aromatic rings. The van der Waals surface area contributed by atoms with Crippen molar-refractivity contribution in [2.24, 2.45) is 0 Å². The van der Waals surface area contributed by atoms with Crippen LogP contribution in [-0.4, -0.2) is 36.1 Å². The van der Waals surface area contributed by atoms with Gasteiger partial charge in [-0.1, -0.05) is 52.3 Å². The molecule has 0 spiro atoms. The second-order valence-corrected chi connectivity index (χ2v) is 8.50. The highest BCUT2D eigenvalue weighted by molar-refractivity contribution is 9.10. The van der Waals surface area contributed by atoms with Gasteiger partial charge in [-0.15, -0.1) is 11.3 Å². The minimum atomic E-state index is 0.933. The number of halogens is 1. The first kappa shape index (κ1) is 17.7. The molecule has 4 rings (SSSR count). The monoisotopic (exact) mass is 427 g/mol. The highest BCUT2D eigenvalue weighted by atomic mass is 79.9. The Morgan fingerprint density at radius 2 is 1.77 bits per heavy atom. The fourth-order valence-corrected chi connectivity index (χ4v) is 4.55. The molecule has 0 N–H and O–H groups in total. The molecule has 1 saturated heterocycles. The molecule has 5 heteroatoms. The van der Waals surface area contributed by atoms with Crippen LogP contribution in [0.4, 0.5) is 5.69 Å². The largest absolute Gasteiger partial charge is 0.369 e. The van der Waals surface area contributed by atoms with Crippen LogP contribution in [0.15, 0.2) is 64.5 Å². The first-order valence-electron chi connectivity index (χ1n) is 8.96. The number of aromatic nitrogens is 1. The van der Waals surface area contributed by atoms with Gasteiger partial charge < -0.3 is 4.90 Å². The summed E-state index contributed by atoms with van der Waals surface area (Å²) in [6.45, 7) is 5.25. The molecule has 0 atom stereocenters. The van der Waals surface area contributed by atoms with Gasteiger partial charge in [0.1, 0.15) is 0 Å². The van der Waals surface area contributed by atoms with Gasteiger partial charge in [0.25, 0.3) is 0 Å². The molecule has 2 heterocycles. The van der Waals surface area contributed by atoms with Crippen LogP contribution in [0.3, 0.4) is 0 Å². The van der Waals surface area contributed by atoms with Crippen molar-refractivity contribution < 1.29 is 0 Å². The Hall–Kier alpha value is -1.69. The molecule has 3 nitrogen and oxygen atoms in total. The zero-order valence-corrected chi connectivity index (χ0v) is 17.0. The lowest BCUT2D eigenvalue weighted by atomic mass is 10.2. The molecule has 134 valence electrons. The van der Waals surface area contributed by atoms with E-state index in [-0.39, 0.29) is 0 Å². The number of anilines is 1. The van der Waals surface area contributed by atoms with Gasteiger partial charge >= 0.3 is 0 Å². The van der Waals surface area contributed by atoms with E-state index in [2.05, 4.69) is 85.7 Å². The van der Waals surface area contributed by atoms with Crippen molar-refractivity contribution in [3.63, 3.8) is 0 Å². The van der Waals surface area contributed by atoms with Crippen molar-refractivity contribution in [3.05, 3.63) is 80.7 Å². The second kappa shape index (κ2) is 8.33. The molecule has 1 aliphatic rings. The number of rotatable bonds is 5. The normalized spacial score (nSPS) is 15.3. The molecule has 1 fully saturated rings. The maximum Gasteiger partial charge on any atom is 0.0972 e. The molecule has 0 saturated carbocycles. The molecule has 1 aromatic heterocycles. The number of hydrogen-bond acceptors (Lipinski definition) is 4. The topological polar surface area (TPSA) is 19.4 Å². The van der Waals surface area contributed by atoms with Gasteiger partial charge in [0.15, 0.2) is 0 Å². The lowest BCUT2D eigenvalue weighted by Gasteiger charge is -2.35. The van der Waals surface area contributed by atoms with Gasteiger partial charge in [-0.3, -0.25) is 4.90 Å². The predicted octanol–water partition coefficient (Wildman–Crippen LogP) is 4.82. The van der Waals surface area contributed by atoms with E-state index in [4.69, 9.17) is 4.98 Å². The highest BCUT2D eigenvalue weighted by Crippen LogP contribution is 2.22. The van der Waals surface area contributed by atoms with Crippen molar-refractivity contribution in [1.82, 2.24) is 9.88 Å². The van der Waals surface area contributed by atoms with E-state index in [9.17, 15) is 0 Å². The molecule has 2 aromatic carbocycles. The third kappa shape index (κ3) is 4.53. The van der Waals surface area contributed by atoms with E-state index >= 15 is 0 Å². The van der Waals surface area contributed by atoms with E-state index in [1.165, 1.54) is 22.0 Å². The third-order valence-corrected chi connectivity index (χ3v) is 6.12. The molecule has 0 unspecified atom stereocenters. The number of benzene rings is 2. The van der Waals surface area contributed by atoms with Gasteiger partial charge in [0, 0.05) is 54.7 Å². The van der Waals surface area contributed by atoms with E-state index in [0.29, 0.717) is 0 Å². The summed E-state index contributed by atoms with van der Waals surface area (Å²) in [7, 11) is 0. The maximum atomic E-state index is 4.85. The van der Waals surface area contributed by atoms with Crippen LogP contribution in [0.2, 0.25) is 0 Å². The van der Waals surface area contributed by atoms with Gasteiger partial charge in [-0.05, 0) is 23.8 Å². The lowest BCUT2D eigenvalue weighted by molar-refractivity contribution is 0.247. The summed E-state index contributed by atoms with van der Waals surface area (Å²) in [6, 6.07) is 19.2. The zero-order chi connectivity index (χ0) is 17.8. The first-order chi connectivity index (χ1) is 12.8. The Kier molecular flexibility index (Phi) is 5.68. The molecular formula is C21H22BrN3S. The quantitative estimate of drug-likeness (QED) is 0.581. The van der Waals surface area contributed by atoms with E-state index in [1.54, 1.807) is 11.3 Å². The van der Waals surface area contributed by atoms with Gasteiger partial charge in [-0.25, -0.2) is 4.98 Å². The maximum absolute atomic E-state index is 4.85. The van der Waals surface area contributed by atoms with Gasteiger partial charge in [0.05, 0.1) is 10.7 Å². The summed E-state index contributed by atoms with van der Waals surface area (Å²) < 4.78 is 1.14. The Morgan fingerprint density at radius 1 is 0.962 bits per heavy atom. The van der Waals surface area contributed by atoms with Crippen LogP contribution in [0, 0.1) is 0 Å². The van der Waals surface area contributed by atoms with Gasteiger partial charge in [-0.2, -0.15) is 0 Å². The summed E-state index contributed by atoms with van der Waals surface area (Å²) in [6.07, 6.45) is 0.933. The van der Waals surface area contributed by atoms with Crippen LogP contribution in [0.25, 0.3) is 0 Å². The molecule has 0 aliphatic carbocycles. The van der Waals surface area contributed by atoms with Crippen LogP contribution in [-0.2, 0) is 13.0 Å². The van der Waals surface area contributed by atoms with E-state index in [1.807, 2.05) is 0 Å². The molecule has 1 aliphatic heterocycles. The highest BCUT2D eigenvalue weighted by Gasteiger charge is 2.18. The fraction of sp³-hybridized carbons (Fsp3) is 0.286. The number of thiazole rings is 1. The molecule has 0 amide bonds.